The van der Waals surface area contributed by atoms with Gasteiger partial charge in [0.05, 0.1) is 17.8 Å². The van der Waals surface area contributed by atoms with E-state index in [1.165, 1.54) is 29.2 Å². The smallest absolute Gasteiger partial charge is 0.164 e. The largest absolute Gasteiger partial charge is 0.208 e. The lowest BCUT2D eigenvalue weighted by Crippen LogP contribution is -2.35. The van der Waals surface area contributed by atoms with Crippen LogP contribution in [-0.4, -0.2) is 15.0 Å². The first-order valence-electron chi connectivity index (χ1n) is 23.0. The van der Waals surface area contributed by atoms with Crippen molar-refractivity contribution in [1.82, 2.24) is 15.0 Å². The second-order valence-corrected chi connectivity index (χ2v) is 16.0. The van der Waals surface area contributed by atoms with Crippen molar-refractivity contribution >= 4 is 23.9 Å². The van der Waals surface area contributed by atoms with E-state index < -0.39 is 47.7 Å². The molecule has 1 aliphatic heterocycles. The van der Waals surface area contributed by atoms with Gasteiger partial charge in [0.25, 0.3) is 0 Å². The Labute approximate surface area is 344 Å². The zero-order chi connectivity index (χ0) is 45.4. The number of hydrogen-bond donors (Lipinski definition) is 0. The van der Waals surface area contributed by atoms with Crippen LogP contribution in [0.2, 0.25) is 0 Å². The summed E-state index contributed by atoms with van der Waals surface area (Å²) in [5, 5.41) is 0. The van der Waals surface area contributed by atoms with Gasteiger partial charge >= 0.3 is 0 Å². The van der Waals surface area contributed by atoms with Gasteiger partial charge in [-0.05, 0) is 92.9 Å². The maximum Gasteiger partial charge on any atom is 0.164 e. The lowest BCUT2D eigenvalue weighted by molar-refractivity contribution is 0.652. The first kappa shape index (κ1) is 24.9. The maximum atomic E-state index is 9.06. The summed E-state index contributed by atoms with van der Waals surface area (Å²) in [6.45, 7) is 6.10. The van der Waals surface area contributed by atoms with E-state index >= 15 is 0 Å². The number of aromatic nitrogens is 3. The fraction of sp³-hybridized carbons (Fsp3) is 0.0962. The molecular weight excluding hydrogens is 699 g/mol. The van der Waals surface area contributed by atoms with E-state index in [-0.39, 0.29) is 51.7 Å². The van der Waals surface area contributed by atoms with Crippen molar-refractivity contribution in [3.63, 3.8) is 0 Å². The quantitative estimate of drug-likeness (QED) is 0.181. The Bertz CT molecular complexity index is 3330. The Morgan fingerprint density at radius 3 is 1.98 bits per heavy atom. The number of nitrogens with zero attached hydrogens (tertiary/aromatic N) is 3. The zero-order valence-corrected chi connectivity index (χ0v) is 31.5. The Balaban J connectivity index is 1.25. The molecule has 3 aliphatic rings. The standard InChI is InChI=1S/C52H37N3S/c1-32-14-13-18-36(28-32)49-53-48(35-16-5-4-6-17-35)54-50(55-49)37-27-26-34-25-24-33-15-7-9-20-40(33)52(43(34)29-37)42-22-11-12-23-46(42)56-47-31-44-39(30-45(47)52)38-19-8-10-21-41(38)51(44,2)3/h4-31H,1-3H3/i4D,5D,6D,13D,14D,16D,17D,18D,28D. The van der Waals surface area contributed by atoms with Crippen molar-refractivity contribution in [2.45, 2.75) is 41.4 Å². The van der Waals surface area contributed by atoms with Crippen molar-refractivity contribution in [3.05, 3.63) is 208 Å². The van der Waals surface area contributed by atoms with E-state index in [1.807, 2.05) is 12.1 Å². The van der Waals surface area contributed by atoms with Gasteiger partial charge < -0.3 is 0 Å². The molecule has 0 N–H and O–H groups in total. The molecule has 0 radical (unpaired) electrons. The molecule has 266 valence electrons. The zero-order valence-electron chi connectivity index (χ0n) is 39.7. The summed E-state index contributed by atoms with van der Waals surface area (Å²) in [5.74, 6) is -0.381. The molecule has 8 aromatic rings. The van der Waals surface area contributed by atoms with E-state index in [1.54, 1.807) is 11.8 Å². The van der Waals surface area contributed by atoms with Crippen LogP contribution in [0, 0.1) is 6.92 Å². The number of fused-ring (bicyclic) bond motifs is 11. The molecule has 0 saturated carbocycles. The predicted molar refractivity (Wildman–Crippen MR) is 230 cm³/mol. The van der Waals surface area contributed by atoms with Gasteiger partial charge in [0.2, 0.25) is 0 Å². The van der Waals surface area contributed by atoms with Crippen molar-refractivity contribution in [2.24, 2.45) is 0 Å². The Morgan fingerprint density at radius 1 is 0.500 bits per heavy atom. The van der Waals surface area contributed by atoms with Gasteiger partial charge in [-0.3, -0.25) is 0 Å². The normalized spacial score (nSPS) is 18.8. The van der Waals surface area contributed by atoms with Crippen molar-refractivity contribution in [3.8, 4) is 45.3 Å². The molecule has 1 spiro atoms. The van der Waals surface area contributed by atoms with Crippen molar-refractivity contribution in [2.75, 3.05) is 0 Å². The molecule has 56 heavy (non-hydrogen) atoms. The van der Waals surface area contributed by atoms with Crippen LogP contribution < -0.4 is 0 Å². The van der Waals surface area contributed by atoms with E-state index in [0.717, 1.165) is 43.2 Å². The molecular formula is C52H37N3S. The van der Waals surface area contributed by atoms with Gasteiger partial charge in [0.15, 0.2) is 17.5 Å². The monoisotopic (exact) mass is 744 g/mol. The van der Waals surface area contributed by atoms with Gasteiger partial charge in [0, 0.05) is 31.9 Å². The lowest BCUT2D eigenvalue weighted by Gasteiger charge is -2.43. The highest BCUT2D eigenvalue weighted by atomic mass is 32.2. The summed E-state index contributed by atoms with van der Waals surface area (Å²) < 4.78 is 78.1. The third kappa shape index (κ3) is 4.82. The molecule has 7 aromatic carbocycles. The minimum absolute atomic E-state index is 0.0672. The molecule has 0 amide bonds. The number of benzene rings is 7. The van der Waals surface area contributed by atoms with Crippen LogP contribution in [-0.2, 0) is 10.8 Å². The average molecular weight is 745 g/mol. The van der Waals surface area contributed by atoms with Crippen LogP contribution in [0.5, 0.6) is 0 Å². The SMILES string of the molecule is [2H]c1c([2H])c([2H])c(-c2nc(-c3ccc4c(c3)C3(c5ccccc5C=C4)c4ccccc4Sc4cc5c(cc43)-c3ccccc3C5(C)C)nc(-c3c([2H])c([2H])c([2H])c(C)c3[2H])n2)c([2H])c1[2H]. The minimum Gasteiger partial charge on any atom is -0.208 e. The molecule has 1 atom stereocenters. The first-order chi connectivity index (χ1) is 31.1. The Kier molecular flexibility index (Phi) is 5.49. The lowest BCUT2D eigenvalue weighted by atomic mass is 9.62. The third-order valence-corrected chi connectivity index (χ3v) is 12.6. The molecule has 11 rings (SSSR count). The molecule has 2 aliphatic carbocycles. The second kappa shape index (κ2) is 12.3. The van der Waals surface area contributed by atoms with Crippen molar-refractivity contribution in [1.29, 1.82) is 0 Å². The average Bonchev–Trinajstić information content (AvgIpc) is 3.44. The summed E-state index contributed by atoms with van der Waals surface area (Å²) in [6, 6.07) is 32.2. The fourth-order valence-electron chi connectivity index (χ4n) is 8.93. The molecule has 1 unspecified atom stereocenters. The Morgan fingerprint density at radius 2 is 1.16 bits per heavy atom. The number of hydrogen-bond acceptors (Lipinski definition) is 4. The highest BCUT2D eigenvalue weighted by Crippen LogP contribution is 2.61. The van der Waals surface area contributed by atoms with E-state index in [9.17, 15) is 0 Å². The van der Waals surface area contributed by atoms with Crippen LogP contribution in [0.1, 0.15) is 76.3 Å². The first-order valence-corrected chi connectivity index (χ1v) is 19.4. The van der Waals surface area contributed by atoms with E-state index in [0.29, 0.717) is 5.56 Å². The van der Waals surface area contributed by atoms with Crippen LogP contribution in [0.4, 0.5) is 0 Å². The van der Waals surface area contributed by atoms with Crippen LogP contribution >= 0.6 is 11.8 Å². The third-order valence-electron chi connectivity index (χ3n) is 11.5. The van der Waals surface area contributed by atoms with Gasteiger partial charge in [-0.2, -0.15) is 0 Å². The summed E-state index contributed by atoms with van der Waals surface area (Å²) >= 11 is 1.77. The van der Waals surface area contributed by atoms with Crippen molar-refractivity contribution < 1.29 is 12.3 Å². The molecule has 4 heteroatoms. The molecule has 0 bridgehead atoms. The van der Waals surface area contributed by atoms with Crippen LogP contribution in [0.25, 0.3) is 57.4 Å². The van der Waals surface area contributed by atoms with Gasteiger partial charge in [-0.1, -0.05) is 171 Å². The summed E-state index contributed by atoms with van der Waals surface area (Å²) in [4.78, 5) is 16.6. The molecule has 2 heterocycles. The van der Waals surface area contributed by atoms with E-state index in [2.05, 4.69) is 122 Å². The highest BCUT2D eigenvalue weighted by Gasteiger charge is 2.49. The fourth-order valence-corrected chi connectivity index (χ4v) is 10.1. The van der Waals surface area contributed by atoms with Crippen LogP contribution in [0.15, 0.2) is 167 Å². The number of rotatable bonds is 3. The molecule has 0 fully saturated rings. The van der Waals surface area contributed by atoms with Crippen LogP contribution in [0.3, 0.4) is 0 Å². The van der Waals surface area contributed by atoms with E-state index in [4.69, 9.17) is 22.3 Å². The molecule has 3 nitrogen and oxygen atoms in total. The topological polar surface area (TPSA) is 38.7 Å². The molecule has 0 saturated heterocycles. The van der Waals surface area contributed by atoms with Gasteiger partial charge in [-0.15, -0.1) is 0 Å². The summed E-state index contributed by atoms with van der Waals surface area (Å²) in [5.41, 5.74) is 10.3. The molecule has 1 aromatic heterocycles. The van der Waals surface area contributed by atoms with Gasteiger partial charge in [-0.25, -0.2) is 15.0 Å². The second-order valence-electron chi connectivity index (χ2n) is 14.9. The summed E-state index contributed by atoms with van der Waals surface area (Å²) in [6.07, 6.45) is 4.28. The summed E-state index contributed by atoms with van der Waals surface area (Å²) in [7, 11) is 0. The maximum absolute atomic E-state index is 9.06. The predicted octanol–water partition coefficient (Wildman–Crippen LogP) is 12.8. The van der Waals surface area contributed by atoms with Gasteiger partial charge in [0.1, 0.15) is 0 Å². The minimum atomic E-state index is -0.894. The highest BCUT2D eigenvalue weighted by molar-refractivity contribution is 7.99. The Hall–Kier alpha value is -6.36.